The third-order valence-corrected chi connectivity index (χ3v) is 3.74. The molecule has 0 heterocycles. The summed E-state index contributed by atoms with van der Waals surface area (Å²) in [5.41, 5.74) is 0.326. The summed E-state index contributed by atoms with van der Waals surface area (Å²) in [5, 5.41) is 10.0. The zero-order valence-electron chi connectivity index (χ0n) is 16.4. The molecule has 0 aliphatic carbocycles. The molecule has 156 valence electrons. The molecule has 0 radical (unpaired) electrons. The first-order valence-electron chi connectivity index (χ1n) is 9.63. The van der Waals surface area contributed by atoms with Gasteiger partial charge in [0.1, 0.15) is 0 Å². The van der Waals surface area contributed by atoms with Crippen molar-refractivity contribution in [3.63, 3.8) is 0 Å². The normalized spacial score (nSPS) is 12.5. The van der Waals surface area contributed by atoms with Gasteiger partial charge in [0.25, 0.3) is 0 Å². The topological polar surface area (TPSA) is 46.5 Å². The van der Waals surface area contributed by atoms with Crippen LogP contribution in [0.5, 0.6) is 0 Å². The predicted octanol–water partition coefficient (Wildman–Crippen LogP) is 7.04. The summed E-state index contributed by atoms with van der Waals surface area (Å²) in [6.07, 6.45) is 14.5. The van der Waals surface area contributed by atoms with Crippen LogP contribution in [0, 0.1) is 6.08 Å². The second-order valence-corrected chi connectivity index (χ2v) is 20.0. The number of carbonyl (C=O) groups is 1. The van der Waals surface area contributed by atoms with E-state index >= 15 is 0 Å². The summed E-state index contributed by atoms with van der Waals surface area (Å²) < 4.78 is 5.01. The molecule has 1 N–H and O–H groups in total. The Kier molecular flexibility index (Phi) is 24.6. The van der Waals surface area contributed by atoms with E-state index in [1.165, 1.54) is 44.9 Å². The fourth-order valence-electron chi connectivity index (χ4n) is 2.43. The minimum absolute atomic E-state index is 0.326. The summed E-state index contributed by atoms with van der Waals surface area (Å²) in [5.74, 6) is -0.414. The Labute approximate surface area is 178 Å². The average Bonchev–Trinajstić information content (AvgIpc) is 2.56. The van der Waals surface area contributed by atoms with E-state index in [2.05, 4.69) is 13.0 Å². The molecule has 0 saturated heterocycles. The molecule has 0 aliphatic rings. The first kappa shape index (κ1) is 29.0. The molecule has 0 aromatic rings. The number of esters is 1. The van der Waals surface area contributed by atoms with Gasteiger partial charge in [-0.15, -0.1) is 12.0 Å². The van der Waals surface area contributed by atoms with Crippen molar-refractivity contribution in [3.05, 3.63) is 11.6 Å². The molecule has 26 heavy (non-hydrogen) atoms. The number of rotatable bonds is 14. The third kappa shape index (κ3) is 21.1. The van der Waals surface area contributed by atoms with Gasteiger partial charge in [0.2, 0.25) is 0 Å². The molecule has 0 fully saturated rings. The fourth-order valence-corrected chi connectivity index (χ4v) is 2.43. The molecular formula is C19H35Cl3O3Ta-. The molecule has 0 rings (SSSR count). The number of aliphatic hydroxyl groups excluding tert-OH is 1. The molecule has 7 heteroatoms. The molecule has 3 nitrogen and oxygen atoms in total. The van der Waals surface area contributed by atoms with E-state index in [-0.39, 0.29) is 0 Å². The Morgan fingerprint density at radius 3 is 1.92 bits per heavy atom. The molecule has 0 bridgehead atoms. The van der Waals surface area contributed by atoms with Crippen LogP contribution < -0.4 is 0 Å². The van der Waals surface area contributed by atoms with Crippen LogP contribution in [0.15, 0.2) is 5.57 Å². The first-order valence-corrected chi connectivity index (χ1v) is 21.6. The molecule has 0 aromatic carbocycles. The predicted molar refractivity (Wildman–Crippen MR) is 109 cm³/mol. The Bertz CT molecular complexity index is 350. The van der Waals surface area contributed by atoms with Gasteiger partial charge in [-0.2, -0.15) is 0 Å². The number of carbonyl (C=O) groups excluding carboxylic acids is 1. The van der Waals surface area contributed by atoms with Crippen LogP contribution in [-0.2, 0) is 24.7 Å². The van der Waals surface area contributed by atoms with Crippen LogP contribution in [0.4, 0.5) is 0 Å². The maximum atomic E-state index is 11.8. The molecule has 1 unspecified atom stereocenters. The summed E-state index contributed by atoms with van der Waals surface area (Å²) in [6.45, 7) is 6.34. The van der Waals surface area contributed by atoms with Crippen LogP contribution in [0.1, 0.15) is 91.4 Å². The molecule has 1 atom stereocenters. The number of allylic oxidation sites excluding steroid dienone is 1. The second kappa shape index (κ2) is 22.1. The summed E-state index contributed by atoms with van der Waals surface area (Å²) >= 11 is -2.18. The monoisotopic (exact) mass is 597 g/mol. The molecular weight excluding hydrogens is 564 g/mol. The van der Waals surface area contributed by atoms with E-state index < -0.39 is 27.3 Å². The van der Waals surface area contributed by atoms with Crippen LogP contribution in [-0.4, -0.2) is 23.8 Å². The van der Waals surface area contributed by atoms with Crippen molar-refractivity contribution < 1.29 is 29.8 Å². The van der Waals surface area contributed by atoms with Gasteiger partial charge in [-0.3, -0.25) is 6.08 Å². The van der Waals surface area contributed by atoms with Crippen LogP contribution in [0.2, 0.25) is 0 Å². The van der Waals surface area contributed by atoms with Gasteiger partial charge in [0, 0.05) is 0 Å². The number of halogens is 3. The van der Waals surface area contributed by atoms with Gasteiger partial charge >= 0.3 is 42.8 Å². The van der Waals surface area contributed by atoms with Crippen molar-refractivity contribution in [2.45, 2.75) is 97.5 Å². The van der Waals surface area contributed by atoms with Gasteiger partial charge in [-0.1, -0.05) is 71.6 Å². The summed E-state index contributed by atoms with van der Waals surface area (Å²) in [6, 6.07) is 0. The molecule has 0 amide bonds. The molecule has 0 aromatic heterocycles. The average molecular weight is 599 g/mol. The molecule has 0 aliphatic heterocycles. The van der Waals surface area contributed by atoms with Crippen molar-refractivity contribution in [1.29, 1.82) is 0 Å². The van der Waals surface area contributed by atoms with Crippen molar-refractivity contribution in [1.82, 2.24) is 0 Å². The van der Waals surface area contributed by atoms with Gasteiger partial charge in [0.15, 0.2) is 5.97 Å². The standard InChI is InChI=1S/C19H35O3.3ClH.Ta/c1-4-7-8-9-10-11-12-13-14-16-17(18(20)15-5-2)19(21)22-6-3;;;;/h18,20H,4-15H2,1-3H3;3*1H;/q-1;;;;+3/p-3. The number of hydrogen-bond acceptors (Lipinski definition) is 3. The Balaban J connectivity index is 0. The van der Waals surface area contributed by atoms with E-state index in [0.29, 0.717) is 18.6 Å². The van der Waals surface area contributed by atoms with Crippen molar-refractivity contribution in [2.24, 2.45) is 0 Å². The Morgan fingerprint density at radius 2 is 1.46 bits per heavy atom. The number of ether oxygens (including phenoxy) is 1. The third-order valence-electron chi connectivity index (χ3n) is 3.74. The zero-order chi connectivity index (χ0) is 20.2. The minimum atomic E-state index is -2.18. The van der Waals surface area contributed by atoms with E-state index in [1.807, 2.05) is 6.92 Å². The molecule has 0 spiro atoms. The van der Waals surface area contributed by atoms with Gasteiger partial charge in [-0.05, 0) is 13.3 Å². The second-order valence-electron chi connectivity index (χ2n) is 6.03. The number of unbranched alkanes of at least 4 members (excludes halogenated alkanes) is 8. The SMILES string of the molecule is CCCCCCCCCC[C-]=C(C(=O)OCC)C(O)CCC.[Cl][Ta]([Cl])[Cl]. The molecule has 0 saturated carbocycles. The van der Waals surface area contributed by atoms with Crippen molar-refractivity contribution in [2.75, 3.05) is 6.61 Å². The van der Waals surface area contributed by atoms with E-state index in [9.17, 15) is 9.90 Å². The number of hydrogen-bond donors (Lipinski definition) is 1. The first-order chi connectivity index (χ1) is 12.4. The zero-order valence-corrected chi connectivity index (χ0v) is 21.9. The van der Waals surface area contributed by atoms with Crippen molar-refractivity contribution in [3.8, 4) is 0 Å². The quantitative estimate of drug-likeness (QED) is 0.101. The van der Waals surface area contributed by atoms with E-state index in [1.54, 1.807) is 6.92 Å². The van der Waals surface area contributed by atoms with Crippen molar-refractivity contribution >= 4 is 33.5 Å². The fraction of sp³-hybridized carbons (Fsp3) is 0.842. The maximum absolute atomic E-state index is 11.8. The van der Waals surface area contributed by atoms with Crippen LogP contribution >= 0.6 is 27.6 Å². The van der Waals surface area contributed by atoms with Crippen LogP contribution in [0.25, 0.3) is 0 Å². The van der Waals surface area contributed by atoms with Gasteiger partial charge < -0.3 is 14.6 Å². The number of aliphatic hydroxyl groups is 1. The summed E-state index contributed by atoms with van der Waals surface area (Å²) in [7, 11) is 15.0. The van der Waals surface area contributed by atoms with Gasteiger partial charge in [-0.25, -0.2) is 0 Å². The van der Waals surface area contributed by atoms with E-state index in [4.69, 9.17) is 32.3 Å². The van der Waals surface area contributed by atoms with E-state index in [0.717, 1.165) is 19.3 Å². The summed E-state index contributed by atoms with van der Waals surface area (Å²) in [4.78, 5) is 11.8. The van der Waals surface area contributed by atoms with Gasteiger partial charge in [0.05, 0.1) is 12.7 Å². The Hall–Kier alpha value is 0.780. The van der Waals surface area contributed by atoms with Crippen LogP contribution in [0.3, 0.4) is 0 Å². The Morgan fingerprint density at radius 1 is 0.962 bits per heavy atom.